The topological polar surface area (TPSA) is 216 Å². The van der Waals surface area contributed by atoms with Crippen LogP contribution in [-0.4, -0.2) is 110 Å². The molecule has 292 valence electrons. The second kappa shape index (κ2) is 27.7. The number of nitrogens with one attached hydrogen (secondary N) is 5. The molecule has 16 nitrogen and oxygen atoms in total. The van der Waals surface area contributed by atoms with Crippen LogP contribution >= 0.6 is 24.4 Å². The molecule has 0 aliphatic carbocycles. The number of unbranched alkanes of at least 4 members (excludes halogenated alkanes) is 6. The van der Waals surface area contributed by atoms with Crippen LogP contribution in [0.15, 0.2) is 24.3 Å². The van der Waals surface area contributed by atoms with Crippen LogP contribution in [0.25, 0.3) is 0 Å². The van der Waals surface area contributed by atoms with Gasteiger partial charge in [-0.15, -0.1) is 0 Å². The minimum Gasteiger partial charge on any atom is -0.362 e. The van der Waals surface area contributed by atoms with Crippen molar-refractivity contribution in [3.8, 4) is 0 Å². The van der Waals surface area contributed by atoms with E-state index < -0.39 is 17.7 Å². The number of nitrogens with zero attached hydrogens (tertiary/aromatic N) is 3. The minimum absolute atomic E-state index is 0.0500. The Labute approximate surface area is 316 Å². The van der Waals surface area contributed by atoms with Gasteiger partial charge in [0.25, 0.3) is 0 Å². The fourth-order valence-corrected chi connectivity index (χ4v) is 4.98. The highest BCUT2D eigenvalue weighted by molar-refractivity contribution is 7.80. The quantitative estimate of drug-likeness (QED) is 0.0293. The van der Waals surface area contributed by atoms with Gasteiger partial charge in [0.2, 0.25) is 29.5 Å². The van der Waals surface area contributed by atoms with Gasteiger partial charge >= 0.3 is 0 Å². The van der Waals surface area contributed by atoms with Gasteiger partial charge in [0.1, 0.15) is 0 Å². The van der Waals surface area contributed by atoms with Gasteiger partial charge in [-0.05, 0) is 101 Å². The average molecular weight is 769 g/mol. The van der Waals surface area contributed by atoms with E-state index in [2.05, 4.69) is 26.6 Å². The first-order valence-electron chi connectivity index (χ1n) is 17.7. The third-order valence-electron chi connectivity index (χ3n) is 7.60. The summed E-state index contributed by atoms with van der Waals surface area (Å²) in [5.74, 6) is -2.12. The molecular formula is C34H56N8O8S2. The van der Waals surface area contributed by atoms with E-state index in [1.54, 1.807) is 0 Å². The summed E-state index contributed by atoms with van der Waals surface area (Å²) in [7, 11) is 0. The SMILES string of the molecule is CC(=O)N(O)CCCCCNC(=O)CCC(=O)N(O)CCCCCNC(=O)CCC(=O)N(O)CCCCCNC(=S)Nc1ccc(NC(C)=S)cc1. The maximum atomic E-state index is 12.2. The van der Waals surface area contributed by atoms with E-state index in [1.165, 1.54) is 6.92 Å². The predicted molar refractivity (Wildman–Crippen MR) is 205 cm³/mol. The molecule has 0 aliphatic rings. The Balaban J connectivity index is 2.02. The van der Waals surface area contributed by atoms with Gasteiger partial charge < -0.3 is 26.6 Å². The number of hydrogen-bond acceptors (Lipinski definition) is 10. The molecule has 0 spiro atoms. The van der Waals surface area contributed by atoms with Crippen LogP contribution in [0.5, 0.6) is 0 Å². The van der Waals surface area contributed by atoms with Gasteiger partial charge in [-0.3, -0.25) is 39.6 Å². The van der Waals surface area contributed by atoms with Crippen molar-refractivity contribution < 1.29 is 39.6 Å². The molecule has 0 saturated heterocycles. The summed E-state index contributed by atoms with van der Waals surface area (Å²) < 4.78 is 0. The van der Waals surface area contributed by atoms with Crippen LogP contribution in [0.3, 0.4) is 0 Å². The van der Waals surface area contributed by atoms with Crippen molar-refractivity contribution in [2.45, 2.75) is 97.3 Å². The number of amides is 5. The van der Waals surface area contributed by atoms with Crippen molar-refractivity contribution in [3.63, 3.8) is 0 Å². The number of thiocarbonyl (C=S) groups is 2. The summed E-state index contributed by atoms with van der Waals surface area (Å²) in [6.45, 7) is 4.99. The lowest BCUT2D eigenvalue weighted by atomic mass is 10.2. The fraction of sp³-hybridized carbons (Fsp3) is 0.618. The second-order valence-electron chi connectivity index (χ2n) is 12.2. The van der Waals surface area contributed by atoms with Gasteiger partial charge in [0.15, 0.2) is 5.11 Å². The van der Waals surface area contributed by atoms with Crippen molar-refractivity contribution in [2.75, 3.05) is 49.9 Å². The van der Waals surface area contributed by atoms with E-state index in [0.29, 0.717) is 89.9 Å². The molecule has 0 bridgehead atoms. The number of rotatable bonds is 26. The van der Waals surface area contributed by atoms with Crippen molar-refractivity contribution in [1.82, 2.24) is 31.1 Å². The molecule has 0 unspecified atom stereocenters. The van der Waals surface area contributed by atoms with Crippen LogP contribution in [0.1, 0.15) is 97.3 Å². The molecule has 1 rings (SSSR count). The standard InChI is InChI=1S/C34H56N8O8S2/c1-26(51)38-28-12-14-29(15-13-28)39-34(52)37-22-8-5-11-25-42(50)33(47)19-17-31(45)36-21-7-4-10-24-41(49)32(46)18-16-30(44)35-20-6-3-9-23-40(48)27(2)43/h12-15,48-50H,3-11,16-25H2,1-2H3,(H,35,44)(H,36,45)(H,38,51)(H2,37,39,52). The highest BCUT2D eigenvalue weighted by atomic mass is 32.1. The normalized spacial score (nSPS) is 10.5. The van der Waals surface area contributed by atoms with Gasteiger partial charge in [-0.1, -0.05) is 12.2 Å². The van der Waals surface area contributed by atoms with E-state index in [-0.39, 0.29) is 57.1 Å². The van der Waals surface area contributed by atoms with E-state index in [1.807, 2.05) is 31.2 Å². The summed E-state index contributed by atoms with van der Waals surface area (Å²) in [5, 5.41) is 46.4. The van der Waals surface area contributed by atoms with Crippen molar-refractivity contribution >= 4 is 75.4 Å². The van der Waals surface area contributed by atoms with Crippen molar-refractivity contribution in [1.29, 1.82) is 0 Å². The fourth-order valence-electron chi connectivity index (χ4n) is 4.65. The number of anilines is 2. The van der Waals surface area contributed by atoms with Crippen LogP contribution in [-0.2, 0) is 24.0 Å². The molecule has 52 heavy (non-hydrogen) atoms. The number of hydrogen-bond donors (Lipinski definition) is 8. The zero-order valence-corrected chi connectivity index (χ0v) is 31.9. The van der Waals surface area contributed by atoms with Gasteiger partial charge in [0.05, 0.1) is 4.99 Å². The molecule has 0 aromatic heterocycles. The molecule has 0 heterocycles. The van der Waals surface area contributed by atoms with Crippen LogP contribution in [0.4, 0.5) is 11.4 Å². The van der Waals surface area contributed by atoms with Crippen LogP contribution < -0.4 is 26.6 Å². The Kier molecular flexibility index (Phi) is 24.5. The van der Waals surface area contributed by atoms with Crippen molar-refractivity contribution in [3.05, 3.63) is 24.3 Å². The third-order valence-corrected chi connectivity index (χ3v) is 7.95. The predicted octanol–water partition coefficient (Wildman–Crippen LogP) is 3.71. The number of benzene rings is 1. The smallest absolute Gasteiger partial charge is 0.246 e. The van der Waals surface area contributed by atoms with E-state index in [9.17, 15) is 39.6 Å². The Hall–Kier alpha value is -3.97. The first-order valence-corrected chi connectivity index (χ1v) is 18.5. The molecule has 0 fully saturated rings. The molecule has 0 saturated carbocycles. The van der Waals surface area contributed by atoms with Gasteiger partial charge in [-0.25, -0.2) is 15.2 Å². The summed E-state index contributed by atoms with van der Waals surface area (Å²) >= 11 is 10.4. The Morgan fingerprint density at radius 3 is 1.33 bits per heavy atom. The molecule has 1 aromatic rings. The lowest BCUT2D eigenvalue weighted by molar-refractivity contribution is -0.166. The molecular weight excluding hydrogens is 713 g/mol. The Morgan fingerprint density at radius 1 is 0.538 bits per heavy atom. The van der Waals surface area contributed by atoms with Crippen LogP contribution in [0, 0.1) is 0 Å². The largest absolute Gasteiger partial charge is 0.362 e. The Morgan fingerprint density at radius 2 is 0.923 bits per heavy atom. The van der Waals surface area contributed by atoms with E-state index >= 15 is 0 Å². The van der Waals surface area contributed by atoms with Gasteiger partial charge in [0, 0.05) is 83.3 Å². The maximum absolute atomic E-state index is 12.2. The number of carbonyl (C=O) groups excluding carboxylic acids is 5. The van der Waals surface area contributed by atoms with E-state index in [4.69, 9.17) is 24.4 Å². The first-order chi connectivity index (χ1) is 24.8. The number of hydroxylamine groups is 6. The summed E-state index contributed by atoms with van der Waals surface area (Å²) in [6.07, 6.45) is 5.51. The number of carbonyl (C=O) groups is 5. The first kappa shape index (κ1) is 46.1. The molecule has 1 aromatic carbocycles. The van der Waals surface area contributed by atoms with Crippen LogP contribution in [0.2, 0.25) is 0 Å². The third kappa shape index (κ3) is 23.5. The zero-order valence-electron chi connectivity index (χ0n) is 30.3. The summed E-state index contributed by atoms with van der Waals surface area (Å²) in [5.41, 5.74) is 1.74. The molecule has 0 aliphatic heterocycles. The molecule has 8 N–H and O–H groups in total. The Bertz CT molecular complexity index is 1290. The molecule has 0 atom stereocenters. The van der Waals surface area contributed by atoms with E-state index in [0.717, 1.165) is 24.2 Å². The average Bonchev–Trinajstić information content (AvgIpc) is 3.10. The lowest BCUT2D eigenvalue weighted by Crippen LogP contribution is -2.31. The highest BCUT2D eigenvalue weighted by Crippen LogP contribution is 2.13. The highest BCUT2D eigenvalue weighted by Gasteiger charge is 2.14. The molecule has 5 amide bonds. The molecule has 18 heteroatoms. The minimum atomic E-state index is -0.557. The summed E-state index contributed by atoms with van der Waals surface area (Å²) in [4.78, 5) is 59.9. The maximum Gasteiger partial charge on any atom is 0.246 e. The lowest BCUT2D eigenvalue weighted by Gasteiger charge is -2.15. The monoisotopic (exact) mass is 768 g/mol. The van der Waals surface area contributed by atoms with Gasteiger partial charge in [-0.2, -0.15) is 0 Å². The van der Waals surface area contributed by atoms with Crippen molar-refractivity contribution in [2.24, 2.45) is 0 Å². The molecule has 0 radical (unpaired) electrons. The second-order valence-corrected chi connectivity index (χ2v) is 13.2. The summed E-state index contributed by atoms with van der Waals surface area (Å²) in [6, 6.07) is 7.57. The zero-order chi connectivity index (χ0) is 38.7.